The van der Waals surface area contributed by atoms with Crippen LogP contribution in [0.15, 0.2) is 24.3 Å². The highest BCUT2D eigenvalue weighted by atomic mass is 16.5. The molecular formula is C18H27NO2. The molecule has 1 aliphatic carbocycles. The SMILES string of the molecule is CCOC(=O)c1ccc(NC2CCC(C(C)C)CC2)cc1. The maximum absolute atomic E-state index is 11.6. The molecule has 116 valence electrons. The molecule has 1 saturated carbocycles. The predicted octanol–water partition coefficient (Wildman–Crippen LogP) is 4.49. The Morgan fingerprint density at radius 2 is 1.81 bits per heavy atom. The van der Waals surface area contributed by atoms with E-state index in [4.69, 9.17) is 4.74 Å². The van der Waals surface area contributed by atoms with Gasteiger partial charge in [-0.15, -0.1) is 0 Å². The molecule has 0 amide bonds. The summed E-state index contributed by atoms with van der Waals surface area (Å²) in [5, 5.41) is 3.59. The Kier molecular flexibility index (Phi) is 5.66. The smallest absolute Gasteiger partial charge is 0.338 e. The maximum atomic E-state index is 11.6. The normalized spacial score (nSPS) is 22.1. The summed E-state index contributed by atoms with van der Waals surface area (Å²) in [6.07, 6.45) is 5.11. The van der Waals surface area contributed by atoms with Gasteiger partial charge in [0.1, 0.15) is 0 Å². The summed E-state index contributed by atoms with van der Waals surface area (Å²) >= 11 is 0. The third kappa shape index (κ3) is 4.48. The van der Waals surface area contributed by atoms with Gasteiger partial charge in [0.25, 0.3) is 0 Å². The van der Waals surface area contributed by atoms with Gasteiger partial charge in [0.2, 0.25) is 0 Å². The van der Waals surface area contributed by atoms with Gasteiger partial charge in [-0.2, -0.15) is 0 Å². The lowest BCUT2D eigenvalue weighted by molar-refractivity contribution is 0.0526. The summed E-state index contributed by atoms with van der Waals surface area (Å²) < 4.78 is 4.99. The van der Waals surface area contributed by atoms with Gasteiger partial charge in [0, 0.05) is 11.7 Å². The van der Waals surface area contributed by atoms with Gasteiger partial charge < -0.3 is 10.1 Å². The largest absolute Gasteiger partial charge is 0.462 e. The van der Waals surface area contributed by atoms with E-state index in [1.807, 2.05) is 31.2 Å². The van der Waals surface area contributed by atoms with Crippen LogP contribution >= 0.6 is 0 Å². The minimum absolute atomic E-state index is 0.249. The summed E-state index contributed by atoms with van der Waals surface area (Å²) in [5.74, 6) is 1.44. The van der Waals surface area contributed by atoms with Crippen molar-refractivity contribution in [2.24, 2.45) is 11.8 Å². The molecule has 1 fully saturated rings. The van der Waals surface area contributed by atoms with Crippen LogP contribution in [0.4, 0.5) is 5.69 Å². The minimum Gasteiger partial charge on any atom is -0.462 e. The topological polar surface area (TPSA) is 38.3 Å². The third-order valence-corrected chi connectivity index (χ3v) is 4.48. The first kappa shape index (κ1) is 15.9. The zero-order valence-corrected chi connectivity index (χ0v) is 13.4. The van der Waals surface area contributed by atoms with Crippen molar-refractivity contribution in [1.29, 1.82) is 0 Å². The van der Waals surface area contributed by atoms with Gasteiger partial charge in [-0.25, -0.2) is 4.79 Å². The summed E-state index contributed by atoms with van der Waals surface area (Å²) in [4.78, 5) is 11.6. The molecule has 21 heavy (non-hydrogen) atoms. The van der Waals surface area contributed by atoms with Crippen LogP contribution in [0.3, 0.4) is 0 Å². The highest BCUT2D eigenvalue weighted by Crippen LogP contribution is 2.31. The van der Waals surface area contributed by atoms with Crippen LogP contribution in [0.2, 0.25) is 0 Å². The molecular weight excluding hydrogens is 262 g/mol. The van der Waals surface area contributed by atoms with E-state index in [0.717, 1.165) is 17.5 Å². The second-order valence-electron chi connectivity index (χ2n) is 6.30. The Bertz CT molecular complexity index is 445. The lowest BCUT2D eigenvalue weighted by Gasteiger charge is -2.31. The summed E-state index contributed by atoms with van der Waals surface area (Å²) in [7, 11) is 0. The number of carbonyl (C=O) groups is 1. The van der Waals surface area contributed by atoms with E-state index in [0.29, 0.717) is 18.2 Å². The molecule has 1 aliphatic rings. The number of benzene rings is 1. The van der Waals surface area contributed by atoms with Crippen molar-refractivity contribution in [3.63, 3.8) is 0 Å². The molecule has 0 heterocycles. The third-order valence-electron chi connectivity index (χ3n) is 4.48. The van der Waals surface area contributed by atoms with Crippen molar-refractivity contribution in [2.45, 2.75) is 52.5 Å². The molecule has 0 saturated heterocycles. The first-order valence-corrected chi connectivity index (χ1v) is 8.14. The molecule has 3 nitrogen and oxygen atoms in total. The van der Waals surface area contributed by atoms with E-state index in [1.54, 1.807) is 0 Å². The van der Waals surface area contributed by atoms with E-state index < -0.39 is 0 Å². The Hall–Kier alpha value is -1.51. The average Bonchev–Trinajstić information content (AvgIpc) is 2.49. The van der Waals surface area contributed by atoms with Gasteiger partial charge in [0.05, 0.1) is 12.2 Å². The van der Waals surface area contributed by atoms with Crippen molar-refractivity contribution in [3.8, 4) is 0 Å². The molecule has 0 aromatic heterocycles. The zero-order chi connectivity index (χ0) is 15.2. The van der Waals surface area contributed by atoms with Crippen molar-refractivity contribution in [1.82, 2.24) is 0 Å². The van der Waals surface area contributed by atoms with Crippen molar-refractivity contribution < 1.29 is 9.53 Å². The molecule has 0 spiro atoms. The lowest BCUT2D eigenvalue weighted by Crippen LogP contribution is -2.27. The number of hydrogen-bond acceptors (Lipinski definition) is 3. The molecule has 0 radical (unpaired) electrons. The van der Waals surface area contributed by atoms with Gasteiger partial charge >= 0.3 is 5.97 Å². The van der Waals surface area contributed by atoms with Crippen LogP contribution in [0.1, 0.15) is 56.8 Å². The molecule has 0 unspecified atom stereocenters. The van der Waals surface area contributed by atoms with Crippen LogP contribution < -0.4 is 5.32 Å². The number of carbonyl (C=O) groups excluding carboxylic acids is 1. The van der Waals surface area contributed by atoms with Crippen LogP contribution in [0, 0.1) is 11.8 Å². The first-order valence-electron chi connectivity index (χ1n) is 8.14. The highest BCUT2D eigenvalue weighted by Gasteiger charge is 2.23. The summed E-state index contributed by atoms with van der Waals surface area (Å²) in [6.45, 7) is 6.89. The Balaban J connectivity index is 1.85. The monoisotopic (exact) mass is 289 g/mol. The molecule has 1 aromatic rings. The Morgan fingerprint density at radius 1 is 1.19 bits per heavy atom. The van der Waals surface area contributed by atoms with E-state index in [-0.39, 0.29) is 5.97 Å². The molecule has 1 aromatic carbocycles. The Morgan fingerprint density at radius 3 is 2.33 bits per heavy atom. The molecule has 2 rings (SSSR count). The van der Waals surface area contributed by atoms with Crippen LogP contribution in [0.25, 0.3) is 0 Å². The summed E-state index contributed by atoms with van der Waals surface area (Å²) in [5.41, 5.74) is 1.71. The molecule has 0 bridgehead atoms. The van der Waals surface area contributed by atoms with Gasteiger partial charge in [0.15, 0.2) is 0 Å². The van der Waals surface area contributed by atoms with E-state index in [2.05, 4.69) is 19.2 Å². The zero-order valence-electron chi connectivity index (χ0n) is 13.4. The van der Waals surface area contributed by atoms with E-state index in [9.17, 15) is 4.79 Å². The highest BCUT2D eigenvalue weighted by molar-refractivity contribution is 5.89. The number of anilines is 1. The number of esters is 1. The van der Waals surface area contributed by atoms with Crippen molar-refractivity contribution >= 4 is 11.7 Å². The standard InChI is InChI=1S/C18H27NO2/c1-4-21-18(20)15-7-11-17(12-8-15)19-16-9-5-14(6-10-16)13(2)3/h7-8,11-14,16,19H,4-6,9-10H2,1-3H3. The molecule has 3 heteroatoms. The van der Waals surface area contributed by atoms with Crippen LogP contribution in [0.5, 0.6) is 0 Å². The Labute approximate surface area is 128 Å². The number of nitrogens with one attached hydrogen (secondary N) is 1. The fraction of sp³-hybridized carbons (Fsp3) is 0.611. The van der Waals surface area contributed by atoms with Gasteiger partial charge in [-0.05, 0) is 68.7 Å². The fourth-order valence-electron chi connectivity index (χ4n) is 3.08. The predicted molar refractivity (Wildman–Crippen MR) is 86.6 cm³/mol. The molecule has 0 atom stereocenters. The first-order chi connectivity index (χ1) is 10.1. The van der Waals surface area contributed by atoms with Crippen molar-refractivity contribution in [3.05, 3.63) is 29.8 Å². The number of rotatable bonds is 5. The second kappa shape index (κ2) is 7.48. The maximum Gasteiger partial charge on any atom is 0.338 e. The van der Waals surface area contributed by atoms with Crippen LogP contribution in [-0.2, 0) is 4.74 Å². The minimum atomic E-state index is -0.249. The van der Waals surface area contributed by atoms with Crippen LogP contribution in [-0.4, -0.2) is 18.6 Å². The summed E-state index contributed by atoms with van der Waals surface area (Å²) in [6, 6.07) is 8.18. The second-order valence-corrected chi connectivity index (χ2v) is 6.30. The van der Waals surface area contributed by atoms with Gasteiger partial charge in [-0.1, -0.05) is 13.8 Å². The van der Waals surface area contributed by atoms with Gasteiger partial charge in [-0.3, -0.25) is 0 Å². The number of ether oxygens (including phenoxy) is 1. The molecule has 1 N–H and O–H groups in total. The van der Waals surface area contributed by atoms with E-state index >= 15 is 0 Å². The van der Waals surface area contributed by atoms with Crippen molar-refractivity contribution in [2.75, 3.05) is 11.9 Å². The quantitative estimate of drug-likeness (QED) is 0.812. The average molecular weight is 289 g/mol. The molecule has 0 aliphatic heterocycles. The van der Waals surface area contributed by atoms with E-state index in [1.165, 1.54) is 25.7 Å². The number of hydrogen-bond donors (Lipinski definition) is 1. The lowest BCUT2D eigenvalue weighted by atomic mass is 9.79. The fourth-order valence-corrected chi connectivity index (χ4v) is 3.08.